The summed E-state index contributed by atoms with van der Waals surface area (Å²) in [7, 11) is 2.51. The summed E-state index contributed by atoms with van der Waals surface area (Å²) in [6.07, 6.45) is 0.985. The first-order valence-corrected chi connectivity index (χ1v) is 6.07. The topological polar surface area (TPSA) is 61.1 Å². The molecule has 2 rings (SSSR count). The average molecular weight is 315 g/mol. The summed E-state index contributed by atoms with van der Waals surface area (Å²) in [5.41, 5.74) is -2.61. The number of carbonyl (C=O) groups is 1. The van der Waals surface area contributed by atoms with Gasteiger partial charge in [0, 0.05) is 20.3 Å². The van der Waals surface area contributed by atoms with Gasteiger partial charge in [0.05, 0.1) is 10.6 Å². The Bertz CT molecular complexity index is 871. The fourth-order valence-corrected chi connectivity index (χ4v) is 1.96. The van der Waals surface area contributed by atoms with Gasteiger partial charge in [0.1, 0.15) is 17.2 Å². The van der Waals surface area contributed by atoms with Gasteiger partial charge in [0.15, 0.2) is 0 Å². The number of hydrogen-bond donors (Lipinski definition) is 0. The third-order valence-corrected chi connectivity index (χ3v) is 3.24. The fourth-order valence-electron chi connectivity index (χ4n) is 1.81. The third kappa shape index (κ3) is 2.52. The minimum Gasteiger partial charge on any atom is -0.303 e. The molecule has 0 radical (unpaired) electrons. The Morgan fingerprint density at radius 1 is 1.10 bits per heavy atom. The van der Waals surface area contributed by atoms with Gasteiger partial charge in [-0.3, -0.25) is 14.2 Å². The summed E-state index contributed by atoms with van der Waals surface area (Å²) in [5, 5.41) is -0.475. The Kier molecular flexibility index (Phi) is 3.78. The number of ketones is 1. The third-order valence-electron chi connectivity index (χ3n) is 2.95. The molecule has 0 amide bonds. The molecule has 0 saturated heterocycles. The highest BCUT2D eigenvalue weighted by atomic mass is 35.5. The van der Waals surface area contributed by atoms with Crippen LogP contribution in [0, 0.1) is 11.6 Å². The smallest absolute Gasteiger partial charge is 0.303 e. The number of hydrogen-bond acceptors (Lipinski definition) is 3. The van der Waals surface area contributed by atoms with Crippen molar-refractivity contribution in [2.75, 3.05) is 0 Å². The van der Waals surface area contributed by atoms with E-state index in [1.165, 1.54) is 14.1 Å². The molecule has 0 aliphatic rings. The quantitative estimate of drug-likeness (QED) is 0.619. The van der Waals surface area contributed by atoms with Gasteiger partial charge in [0.25, 0.3) is 5.56 Å². The van der Waals surface area contributed by atoms with Gasteiger partial charge in [-0.05, 0) is 12.1 Å². The zero-order chi connectivity index (χ0) is 15.9. The van der Waals surface area contributed by atoms with E-state index in [0.29, 0.717) is 16.7 Å². The Hall–Kier alpha value is -2.28. The summed E-state index contributed by atoms with van der Waals surface area (Å²) in [6.45, 7) is 0. The first-order valence-electron chi connectivity index (χ1n) is 5.70. The summed E-state index contributed by atoms with van der Waals surface area (Å²) in [6, 6.07) is 1.26. The average Bonchev–Trinajstić information content (AvgIpc) is 2.43. The molecule has 2 aromatic rings. The van der Waals surface area contributed by atoms with E-state index in [1.807, 2.05) is 0 Å². The molecule has 1 aromatic heterocycles. The van der Waals surface area contributed by atoms with E-state index in [1.54, 1.807) is 0 Å². The van der Waals surface area contributed by atoms with Crippen molar-refractivity contribution < 1.29 is 13.6 Å². The van der Waals surface area contributed by atoms with Crippen molar-refractivity contribution in [3.05, 3.63) is 67.0 Å². The van der Waals surface area contributed by atoms with Crippen molar-refractivity contribution in [3.8, 4) is 0 Å². The van der Waals surface area contributed by atoms with Gasteiger partial charge in [0.2, 0.25) is 5.78 Å². The lowest BCUT2D eigenvalue weighted by molar-refractivity contribution is 0.103. The number of nitrogens with zero attached hydrogens (tertiary/aromatic N) is 2. The minimum absolute atomic E-state index is 0.444. The van der Waals surface area contributed by atoms with Gasteiger partial charge in [-0.2, -0.15) is 0 Å². The second-order valence-electron chi connectivity index (χ2n) is 4.38. The molecule has 21 heavy (non-hydrogen) atoms. The molecular formula is C13H9ClF2N2O3. The van der Waals surface area contributed by atoms with Crippen LogP contribution in [-0.4, -0.2) is 14.9 Å². The molecule has 1 heterocycles. The Morgan fingerprint density at radius 3 is 2.33 bits per heavy atom. The lowest BCUT2D eigenvalue weighted by Crippen LogP contribution is -2.39. The maximum absolute atomic E-state index is 13.7. The highest BCUT2D eigenvalue weighted by Crippen LogP contribution is 2.20. The summed E-state index contributed by atoms with van der Waals surface area (Å²) in [4.78, 5) is 35.6. The number of halogens is 3. The Balaban J connectivity index is 2.70. The predicted octanol–water partition coefficient (Wildman–Crippen LogP) is 1.25. The summed E-state index contributed by atoms with van der Waals surface area (Å²) in [5.74, 6) is -3.07. The highest BCUT2D eigenvalue weighted by molar-refractivity contribution is 6.30. The second-order valence-corrected chi connectivity index (χ2v) is 4.78. The van der Waals surface area contributed by atoms with Gasteiger partial charge < -0.3 is 4.57 Å². The van der Waals surface area contributed by atoms with Gasteiger partial charge >= 0.3 is 5.69 Å². The molecule has 1 aromatic carbocycles. The molecule has 0 saturated carbocycles. The van der Waals surface area contributed by atoms with Crippen molar-refractivity contribution >= 4 is 17.4 Å². The lowest BCUT2D eigenvalue weighted by atomic mass is 10.0. The molecule has 0 N–H and O–H groups in total. The van der Waals surface area contributed by atoms with Crippen LogP contribution in [0.4, 0.5) is 8.78 Å². The zero-order valence-corrected chi connectivity index (χ0v) is 11.7. The molecule has 0 unspecified atom stereocenters. The number of aromatic nitrogens is 2. The summed E-state index contributed by atoms with van der Waals surface area (Å²) >= 11 is 5.40. The molecule has 0 spiro atoms. The van der Waals surface area contributed by atoms with E-state index >= 15 is 0 Å². The van der Waals surface area contributed by atoms with Crippen LogP contribution in [0.3, 0.4) is 0 Å². The van der Waals surface area contributed by atoms with Crippen molar-refractivity contribution in [2.45, 2.75) is 0 Å². The fraction of sp³-hybridized carbons (Fsp3) is 0.154. The van der Waals surface area contributed by atoms with Crippen LogP contribution in [0.25, 0.3) is 0 Å². The van der Waals surface area contributed by atoms with Crippen molar-refractivity contribution in [1.82, 2.24) is 9.13 Å². The number of benzene rings is 1. The first kappa shape index (κ1) is 15.1. The first-order chi connectivity index (χ1) is 9.73. The molecule has 8 heteroatoms. The highest BCUT2D eigenvalue weighted by Gasteiger charge is 2.21. The Labute approximate surface area is 122 Å². The van der Waals surface area contributed by atoms with E-state index in [-0.39, 0.29) is 0 Å². The lowest BCUT2D eigenvalue weighted by Gasteiger charge is -2.07. The molecule has 0 atom stereocenters. The van der Waals surface area contributed by atoms with Crippen LogP contribution >= 0.6 is 11.6 Å². The van der Waals surface area contributed by atoms with E-state index in [4.69, 9.17) is 11.6 Å². The molecular weight excluding hydrogens is 306 g/mol. The van der Waals surface area contributed by atoms with Crippen molar-refractivity contribution in [1.29, 1.82) is 0 Å². The standard InChI is InChI=1S/C13H9ClF2N2O3/c1-17-5-7(12(20)18(2)13(17)21)11(19)6-3-10(16)8(14)4-9(6)15/h3-5H,1-2H3. The van der Waals surface area contributed by atoms with E-state index in [0.717, 1.165) is 10.8 Å². The van der Waals surface area contributed by atoms with Crippen LogP contribution in [0.15, 0.2) is 27.9 Å². The summed E-state index contributed by atoms with van der Waals surface area (Å²) < 4.78 is 28.8. The SMILES string of the molecule is Cn1cc(C(=O)c2cc(F)c(Cl)cc2F)c(=O)n(C)c1=O. The molecule has 0 aliphatic carbocycles. The van der Waals surface area contributed by atoms with E-state index < -0.39 is 44.8 Å². The van der Waals surface area contributed by atoms with Crippen molar-refractivity contribution in [2.24, 2.45) is 14.1 Å². The number of aryl methyl sites for hydroxylation is 1. The van der Waals surface area contributed by atoms with Crippen molar-refractivity contribution in [3.63, 3.8) is 0 Å². The van der Waals surface area contributed by atoms with Crippen LogP contribution < -0.4 is 11.2 Å². The number of carbonyl (C=O) groups excluding carboxylic acids is 1. The second kappa shape index (κ2) is 5.25. The predicted molar refractivity (Wildman–Crippen MR) is 71.7 cm³/mol. The normalized spacial score (nSPS) is 10.7. The van der Waals surface area contributed by atoms with Crippen LogP contribution in [0.1, 0.15) is 15.9 Å². The Morgan fingerprint density at radius 2 is 1.71 bits per heavy atom. The molecule has 0 aliphatic heterocycles. The largest absolute Gasteiger partial charge is 0.330 e. The molecule has 0 fully saturated rings. The zero-order valence-electron chi connectivity index (χ0n) is 11.0. The molecule has 110 valence electrons. The number of rotatable bonds is 2. The van der Waals surface area contributed by atoms with Gasteiger partial charge in [-0.1, -0.05) is 11.6 Å². The van der Waals surface area contributed by atoms with Crippen LogP contribution in [0.2, 0.25) is 5.02 Å². The molecule has 0 bridgehead atoms. The van der Waals surface area contributed by atoms with Gasteiger partial charge in [-0.25, -0.2) is 13.6 Å². The van der Waals surface area contributed by atoms with Gasteiger partial charge in [-0.15, -0.1) is 0 Å². The van der Waals surface area contributed by atoms with Crippen LogP contribution in [-0.2, 0) is 14.1 Å². The van der Waals surface area contributed by atoms with E-state index in [2.05, 4.69) is 0 Å². The minimum atomic E-state index is -1.05. The maximum Gasteiger partial charge on any atom is 0.330 e. The van der Waals surface area contributed by atoms with E-state index in [9.17, 15) is 23.2 Å². The molecule has 5 nitrogen and oxygen atoms in total. The maximum atomic E-state index is 13.7. The van der Waals surface area contributed by atoms with Crippen LogP contribution in [0.5, 0.6) is 0 Å². The monoisotopic (exact) mass is 314 g/mol.